The third kappa shape index (κ3) is 8.17. The van der Waals surface area contributed by atoms with Crippen molar-refractivity contribution in [2.24, 2.45) is 5.92 Å². The predicted octanol–water partition coefficient (Wildman–Crippen LogP) is 6.03. The van der Waals surface area contributed by atoms with E-state index >= 15 is 0 Å². The Morgan fingerprint density at radius 2 is 1.93 bits per heavy atom. The van der Waals surface area contributed by atoms with Gasteiger partial charge < -0.3 is 24.1 Å². The van der Waals surface area contributed by atoms with Crippen LogP contribution in [0.25, 0.3) is 11.0 Å². The van der Waals surface area contributed by atoms with E-state index in [0.717, 1.165) is 53.2 Å². The second-order valence-electron chi connectivity index (χ2n) is 10.3. The molecule has 0 aliphatic carbocycles. The van der Waals surface area contributed by atoms with Gasteiger partial charge in [-0.1, -0.05) is 55.8 Å². The van der Waals surface area contributed by atoms with Gasteiger partial charge in [-0.3, -0.25) is 4.79 Å². The number of halogens is 1. The Balaban J connectivity index is 1.36. The molecule has 0 aliphatic heterocycles. The molecular formula is C33H40ClN4O4. The van der Waals surface area contributed by atoms with E-state index in [-0.39, 0.29) is 18.4 Å². The number of methoxy groups -OCH3 is 2. The average Bonchev–Trinajstić information content (AvgIpc) is 3.35. The summed E-state index contributed by atoms with van der Waals surface area (Å²) in [6, 6.07) is 19.9. The monoisotopic (exact) mass is 591 g/mol. The van der Waals surface area contributed by atoms with Gasteiger partial charge in [0.25, 0.3) is 0 Å². The first-order chi connectivity index (χ1) is 20.4. The minimum atomic E-state index is -0.130. The number of aromatic nitrogens is 2. The van der Waals surface area contributed by atoms with Crippen molar-refractivity contribution >= 4 is 28.5 Å². The van der Waals surface area contributed by atoms with E-state index in [1.807, 2.05) is 48.5 Å². The van der Waals surface area contributed by atoms with Crippen LogP contribution in [0, 0.1) is 5.92 Å². The number of imidazole rings is 1. The van der Waals surface area contributed by atoms with Crippen LogP contribution in [0.1, 0.15) is 43.6 Å². The van der Waals surface area contributed by atoms with Crippen molar-refractivity contribution in [3.8, 4) is 17.2 Å². The van der Waals surface area contributed by atoms with Gasteiger partial charge in [-0.05, 0) is 66.8 Å². The summed E-state index contributed by atoms with van der Waals surface area (Å²) < 4.78 is 18.8. The van der Waals surface area contributed by atoms with E-state index in [9.17, 15) is 4.79 Å². The molecule has 8 nitrogen and oxygen atoms in total. The zero-order valence-electron chi connectivity index (χ0n) is 24.9. The largest absolute Gasteiger partial charge is 0.493 e. The standard InChI is InChI=1S/C33H40ClN4O4/c1-5-35-17-18-42-26-10-8-9-24(20-26)22-38-28-12-7-6-11-27(28)37-30(38)21-36-31(39)16-13-23(2)19-25-14-15-29(40-3)33(41-4)32(25)34/h6-12,14-15,20,23,35H,5,13,16-19,21-22H2,1-4H3. The summed E-state index contributed by atoms with van der Waals surface area (Å²) in [5.74, 6) is 2.82. The first-order valence-corrected chi connectivity index (χ1v) is 14.8. The normalized spacial score (nSPS) is 11.8. The molecular weight excluding hydrogens is 552 g/mol. The van der Waals surface area contributed by atoms with Crippen LogP contribution < -0.4 is 24.8 Å². The number of nitrogens with zero attached hydrogens (tertiary/aromatic N) is 3. The predicted molar refractivity (Wildman–Crippen MR) is 167 cm³/mol. The molecule has 0 aliphatic rings. The lowest BCUT2D eigenvalue weighted by Gasteiger charge is -2.16. The van der Waals surface area contributed by atoms with E-state index in [2.05, 4.69) is 41.2 Å². The number of carbonyl (C=O) groups excluding carboxylic acids is 1. The third-order valence-electron chi connectivity index (χ3n) is 7.15. The van der Waals surface area contributed by atoms with Crippen molar-refractivity contribution in [1.82, 2.24) is 20.2 Å². The number of amides is 1. The SMILES string of the molecule is CCNCCOc1cccc(Cn2c(C[N]C(=O)CCC(C)Cc3ccc(OC)c(OC)c3Cl)nc3ccccc32)c1. The number of ether oxygens (including phenoxy) is 3. The zero-order chi connectivity index (χ0) is 29.9. The summed E-state index contributed by atoms with van der Waals surface area (Å²) in [7, 11) is 3.16. The van der Waals surface area contributed by atoms with Crippen LogP contribution >= 0.6 is 11.6 Å². The molecule has 9 heteroatoms. The molecule has 1 amide bonds. The van der Waals surface area contributed by atoms with Crippen LogP contribution in [0.2, 0.25) is 5.02 Å². The van der Waals surface area contributed by atoms with Gasteiger partial charge in [-0.2, -0.15) is 0 Å². The number of hydrogen-bond donors (Lipinski definition) is 1. The molecule has 1 heterocycles. The molecule has 0 fully saturated rings. The topological polar surface area (TPSA) is 88.7 Å². The minimum Gasteiger partial charge on any atom is -0.493 e. The van der Waals surface area contributed by atoms with Crippen LogP contribution in [-0.2, 0) is 24.3 Å². The second kappa shape index (κ2) is 15.5. The van der Waals surface area contributed by atoms with E-state index < -0.39 is 0 Å². The molecule has 1 atom stereocenters. The van der Waals surface area contributed by atoms with Gasteiger partial charge in [0.2, 0.25) is 5.91 Å². The highest BCUT2D eigenvalue weighted by Crippen LogP contribution is 2.38. The summed E-state index contributed by atoms with van der Waals surface area (Å²) in [5, 5.41) is 8.21. The highest BCUT2D eigenvalue weighted by atomic mass is 35.5. The van der Waals surface area contributed by atoms with Crippen LogP contribution in [-0.4, -0.2) is 49.4 Å². The van der Waals surface area contributed by atoms with Gasteiger partial charge in [0.05, 0.1) is 30.3 Å². The molecule has 4 rings (SSSR count). The first-order valence-electron chi connectivity index (χ1n) is 14.4. The molecule has 1 unspecified atom stereocenters. The lowest BCUT2D eigenvalue weighted by atomic mass is 9.96. The number of benzene rings is 3. The Morgan fingerprint density at radius 1 is 1.10 bits per heavy atom. The van der Waals surface area contributed by atoms with E-state index in [0.29, 0.717) is 42.5 Å². The molecule has 1 radical (unpaired) electrons. The molecule has 1 aromatic heterocycles. The number of nitrogens with one attached hydrogen (secondary N) is 1. The molecule has 0 spiro atoms. The Morgan fingerprint density at radius 3 is 2.71 bits per heavy atom. The minimum absolute atomic E-state index is 0.130. The maximum absolute atomic E-state index is 12.8. The molecule has 4 aromatic rings. The zero-order valence-corrected chi connectivity index (χ0v) is 25.6. The van der Waals surface area contributed by atoms with Gasteiger partial charge >= 0.3 is 0 Å². The van der Waals surface area contributed by atoms with Gasteiger partial charge in [0, 0.05) is 19.5 Å². The van der Waals surface area contributed by atoms with Gasteiger partial charge in [0.1, 0.15) is 24.7 Å². The first kappa shape index (κ1) is 31.2. The smallest absolute Gasteiger partial charge is 0.241 e. The van der Waals surface area contributed by atoms with Crippen molar-refractivity contribution in [2.45, 2.75) is 46.2 Å². The lowest BCUT2D eigenvalue weighted by molar-refractivity contribution is -0.121. The summed E-state index contributed by atoms with van der Waals surface area (Å²) in [5.41, 5.74) is 3.95. The molecule has 1 N–H and O–H groups in total. The van der Waals surface area contributed by atoms with Gasteiger partial charge in [0.15, 0.2) is 11.5 Å². The lowest BCUT2D eigenvalue weighted by Crippen LogP contribution is -2.20. The number of para-hydroxylation sites is 2. The maximum Gasteiger partial charge on any atom is 0.241 e. The summed E-state index contributed by atoms with van der Waals surface area (Å²) in [6.45, 7) is 7.34. The number of carbonyl (C=O) groups is 1. The van der Waals surface area contributed by atoms with Crippen LogP contribution in [0.3, 0.4) is 0 Å². The number of likely N-dealkylation sites (N-methyl/N-ethyl adjacent to an activating group) is 1. The molecule has 0 saturated heterocycles. The maximum atomic E-state index is 12.8. The van der Waals surface area contributed by atoms with Crippen LogP contribution in [0.15, 0.2) is 60.7 Å². The molecule has 0 saturated carbocycles. The molecule has 223 valence electrons. The van der Waals surface area contributed by atoms with E-state index in [1.54, 1.807) is 14.2 Å². The number of hydrogen-bond acceptors (Lipinski definition) is 6. The van der Waals surface area contributed by atoms with E-state index in [1.165, 1.54) is 0 Å². The average molecular weight is 592 g/mol. The molecule has 3 aromatic carbocycles. The summed E-state index contributed by atoms with van der Waals surface area (Å²) >= 11 is 6.56. The highest BCUT2D eigenvalue weighted by Gasteiger charge is 2.17. The van der Waals surface area contributed by atoms with Crippen molar-refractivity contribution in [2.75, 3.05) is 33.9 Å². The second-order valence-corrected chi connectivity index (χ2v) is 10.7. The number of fused-ring (bicyclic) bond motifs is 1. The van der Waals surface area contributed by atoms with Crippen LogP contribution in [0.4, 0.5) is 0 Å². The fourth-order valence-corrected chi connectivity index (χ4v) is 5.24. The van der Waals surface area contributed by atoms with Gasteiger partial charge in [-0.15, -0.1) is 0 Å². The third-order valence-corrected chi connectivity index (χ3v) is 7.57. The fourth-order valence-electron chi connectivity index (χ4n) is 4.93. The van der Waals surface area contributed by atoms with Crippen molar-refractivity contribution in [1.29, 1.82) is 0 Å². The van der Waals surface area contributed by atoms with Crippen molar-refractivity contribution < 1.29 is 19.0 Å². The van der Waals surface area contributed by atoms with Crippen molar-refractivity contribution in [3.63, 3.8) is 0 Å². The Labute approximate surface area is 253 Å². The highest BCUT2D eigenvalue weighted by molar-refractivity contribution is 6.33. The summed E-state index contributed by atoms with van der Waals surface area (Å²) in [4.78, 5) is 17.6. The molecule has 42 heavy (non-hydrogen) atoms. The molecule has 0 bridgehead atoms. The number of rotatable bonds is 16. The van der Waals surface area contributed by atoms with E-state index in [4.69, 9.17) is 30.8 Å². The van der Waals surface area contributed by atoms with Crippen molar-refractivity contribution in [3.05, 3.63) is 82.6 Å². The quantitative estimate of drug-likeness (QED) is 0.160. The Bertz CT molecular complexity index is 1470. The summed E-state index contributed by atoms with van der Waals surface area (Å²) in [6.07, 6.45) is 1.78. The van der Waals surface area contributed by atoms with Crippen LogP contribution in [0.5, 0.6) is 17.2 Å². The Hall–Kier alpha value is -3.75. The van der Waals surface area contributed by atoms with Gasteiger partial charge in [-0.25, -0.2) is 10.3 Å². The Kier molecular flexibility index (Phi) is 11.5. The fraction of sp³-hybridized carbons (Fsp3) is 0.394.